The van der Waals surface area contributed by atoms with Crippen molar-refractivity contribution in [3.8, 4) is 5.75 Å². The van der Waals surface area contributed by atoms with Gasteiger partial charge in [0.1, 0.15) is 11.3 Å². The second-order valence-electron chi connectivity index (χ2n) is 9.92. The molecule has 2 heterocycles. The lowest BCUT2D eigenvalue weighted by atomic mass is 9.91. The first-order valence-electron chi connectivity index (χ1n) is 12.8. The Bertz CT molecular complexity index is 1140. The summed E-state index contributed by atoms with van der Waals surface area (Å²) in [4.78, 5) is 22.3. The normalized spacial score (nSPS) is 15.2. The van der Waals surface area contributed by atoms with Crippen LogP contribution in [-0.4, -0.2) is 72.8 Å². The lowest BCUT2D eigenvalue weighted by molar-refractivity contribution is -0.117. The summed E-state index contributed by atoms with van der Waals surface area (Å²) in [6.45, 7) is 13.6. The number of oxazole rings is 1. The van der Waals surface area contributed by atoms with Gasteiger partial charge in [0.15, 0.2) is 5.58 Å². The van der Waals surface area contributed by atoms with Crippen molar-refractivity contribution in [2.45, 2.75) is 44.8 Å². The van der Waals surface area contributed by atoms with Crippen molar-refractivity contribution in [2.75, 3.05) is 57.4 Å². The molecule has 0 atom stereocenters. The van der Waals surface area contributed by atoms with E-state index in [-0.39, 0.29) is 11.8 Å². The van der Waals surface area contributed by atoms with E-state index in [9.17, 15) is 4.79 Å². The zero-order chi connectivity index (χ0) is 25.7. The maximum absolute atomic E-state index is 13.1. The summed E-state index contributed by atoms with van der Waals surface area (Å²) < 4.78 is 11.4. The predicted molar refractivity (Wildman–Crippen MR) is 147 cm³/mol. The van der Waals surface area contributed by atoms with Gasteiger partial charge in [0.05, 0.1) is 19.3 Å². The molecule has 3 aromatic rings. The number of thioether (sulfide) groups is 1. The third-order valence-electron chi connectivity index (χ3n) is 6.66. The van der Waals surface area contributed by atoms with Crippen LogP contribution in [0.1, 0.15) is 50.7 Å². The summed E-state index contributed by atoms with van der Waals surface area (Å²) >= 11 is 1.66. The Morgan fingerprint density at radius 1 is 1.06 bits per heavy atom. The number of nitrogens with zero attached hydrogens (tertiary/aromatic N) is 3. The van der Waals surface area contributed by atoms with Crippen molar-refractivity contribution in [3.63, 3.8) is 0 Å². The lowest BCUT2D eigenvalue weighted by Crippen LogP contribution is -2.49. The Morgan fingerprint density at radius 2 is 1.78 bits per heavy atom. The van der Waals surface area contributed by atoms with Gasteiger partial charge in [0.2, 0.25) is 5.91 Å². The Balaban J connectivity index is 1.27. The fraction of sp³-hybridized carbons (Fsp3) is 0.500. The van der Waals surface area contributed by atoms with Crippen LogP contribution >= 0.6 is 11.8 Å². The number of amides is 1. The minimum Gasteiger partial charge on any atom is -0.496 e. The van der Waals surface area contributed by atoms with E-state index in [1.165, 1.54) is 0 Å². The van der Waals surface area contributed by atoms with Crippen LogP contribution in [0.5, 0.6) is 5.75 Å². The number of rotatable bonds is 10. The number of methoxy groups -OCH3 is 1. The Labute approximate surface area is 218 Å². The predicted octanol–water partition coefficient (Wildman–Crippen LogP) is 5.43. The van der Waals surface area contributed by atoms with E-state index >= 15 is 0 Å². The first-order valence-corrected chi connectivity index (χ1v) is 13.8. The number of hydrogen-bond acceptors (Lipinski definition) is 7. The van der Waals surface area contributed by atoms with Crippen LogP contribution in [0.4, 0.5) is 5.69 Å². The minimum atomic E-state index is 0.0343. The molecule has 7 nitrogen and oxygen atoms in total. The number of para-hydroxylation sites is 2. The van der Waals surface area contributed by atoms with Crippen LogP contribution in [0.15, 0.2) is 46.0 Å². The van der Waals surface area contributed by atoms with Gasteiger partial charge >= 0.3 is 0 Å². The van der Waals surface area contributed by atoms with E-state index in [0.717, 1.165) is 77.4 Å². The molecule has 2 aromatic carbocycles. The molecule has 0 bridgehead atoms. The molecular weight excluding hydrogens is 472 g/mol. The van der Waals surface area contributed by atoms with Crippen LogP contribution in [0.2, 0.25) is 0 Å². The summed E-state index contributed by atoms with van der Waals surface area (Å²) in [5.74, 6) is 2.34. The highest BCUT2D eigenvalue weighted by atomic mass is 32.2. The summed E-state index contributed by atoms with van der Waals surface area (Å²) in [7, 11) is 1.69. The number of carbonyl (C=O) groups is 1. The highest BCUT2D eigenvalue weighted by molar-refractivity contribution is 7.99. The molecule has 1 aliphatic heterocycles. The van der Waals surface area contributed by atoms with Gasteiger partial charge in [-0.1, -0.05) is 57.7 Å². The monoisotopic (exact) mass is 510 g/mol. The van der Waals surface area contributed by atoms with E-state index in [2.05, 4.69) is 53.9 Å². The van der Waals surface area contributed by atoms with Gasteiger partial charge in [-0.05, 0) is 35.6 Å². The van der Waals surface area contributed by atoms with Crippen LogP contribution in [0.25, 0.3) is 11.1 Å². The number of anilines is 1. The Kier molecular flexibility index (Phi) is 8.93. The summed E-state index contributed by atoms with van der Waals surface area (Å²) in [6, 6.07) is 11.9. The molecule has 1 aromatic heterocycles. The van der Waals surface area contributed by atoms with Crippen LogP contribution in [0.3, 0.4) is 0 Å². The number of hydrogen-bond donors (Lipinski definition) is 1. The molecule has 0 radical (unpaired) electrons. The van der Waals surface area contributed by atoms with Crippen molar-refractivity contribution in [1.29, 1.82) is 0 Å². The molecule has 4 rings (SSSR count). The van der Waals surface area contributed by atoms with Gasteiger partial charge in [0.25, 0.3) is 5.22 Å². The van der Waals surface area contributed by atoms with Gasteiger partial charge in [-0.2, -0.15) is 0 Å². The number of fused-ring (bicyclic) bond motifs is 1. The quantitative estimate of drug-likeness (QED) is 0.365. The first kappa shape index (κ1) is 26.5. The molecule has 1 aliphatic rings. The average molecular weight is 511 g/mol. The summed E-state index contributed by atoms with van der Waals surface area (Å²) in [5, 5.41) is 3.97. The molecule has 194 valence electrons. The molecule has 0 saturated carbocycles. The third kappa shape index (κ3) is 6.41. The standard InChI is InChI=1S/C28H38N4O3S/c1-19(2)21-10-11-24(34-5)26(20(3)4)27(21)30-25(33)18-32-14-12-31(13-15-32)16-17-36-28-29-22-8-6-7-9-23(22)35-28/h6-11,19-20H,12-18H2,1-5H3,(H,30,33). The second kappa shape index (κ2) is 12.1. The molecule has 0 spiro atoms. The highest BCUT2D eigenvalue weighted by Gasteiger charge is 2.23. The van der Waals surface area contributed by atoms with E-state index in [0.29, 0.717) is 12.5 Å². The molecule has 8 heteroatoms. The number of nitrogens with one attached hydrogen (secondary N) is 1. The van der Waals surface area contributed by atoms with Gasteiger partial charge in [-0.15, -0.1) is 0 Å². The minimum absolute atomic E-state index is 0.0343. The molecule has 0 unspecified atom stereocenters. The molecule has 36 heavy (non-hydrogen) atoms. The SMILES string of the molecule is COc1ccc(C(C)C)c(NC(=O)CN2CCN(CCSc3nc4ccccc4o3)CC2)c1C(C)C. The number of aromatic nitrogens is 1. The molecule has 1 saturated heterocycles. The zero-order valence-corrected chi connectivity index (χ0v) is 22.9. The van der Waals surface area contributed by atoms with Crippen LogP contribution < -0.4 is 10.1 Å². The summed E-state index contributed by atoms with van der Waals surface area (Å²) in [5.41, 5.74) is 4.87. The topological polar surface area (TPSA) is 70.8 Å². The molecular formula is C28H38N4O3S. The molecule has 1 amide bonds. The van der Waals surface area contributed by atoms with Crippen LogP contribution in [0, 0.1) is 0 Å². The van der Waals surface area contributed by atoms with Gasteiger partial charge in [0, 0.05) is 44.0 Å². The van der Waals surface area contributed by atoms with Crippen molar-refractivity contribution < 1.29 is 13.9 Å². The van der Waals surface area contributed by atoms with E-state index in [4.69, 9.17) is 9.15 Å². The van der Waals surface area contributed by atoms with Crippen LogP contribution in [-0.2, 0) is 4.79 Å². The molecule has 1 N–H and O–H groups in total. The number of piperazine rings is 1. The van der Waals surface area contributed by atoms with Gasteiger partial charge < -0.3 is 14.5 Å². The second-order valence-corrected chi connectivity index (χ2v) is 11.0. The maximum atomic E-state index is 13.1. The van der Waals surface area contributed by atoms with Crippen molar-refractivity contribution in [2.24, 2.45) is 0 Å². The Morgan fingerprint density at radius 3 is 2.44 bits per heavy atom. The number of carbonyl (C=O) groups excluding carboxylic acids is 1. The fourth-order valence-corrected chi connectivity index (χ4v) is 5.55. The molecule has 1 fully saturated rings. The Hall–Kier alpha value is -2.55. The molecule has 0 aliphatic carbocycles. The number of benzene rings is 2. The first-order chi connectivity index (χ1) is 17.4. The largest absolute Gasteiger partial charge is 0.496 e. The van der Waals surface area contributed by atoms with Crippen molar-refractivity contribution in [3.05, 3.63) is 47.5 Å². The zero-order valence-electron chi connectivity index (χ0n) is 22.0. The van der Waals surface area contributed by atoms with Gasteiger partial charge in [-0.25, -0.2) is 4.98 Å². The van der Waals surface area contributed by atoms with E-state index < -0.39 is 0 Å². The number of ether oxygens (including phenoxy) is 1. The van der Waals surface area contributed by atoms with E-state index in [1.54, 1.807) is 18.9 Å². The summed E-state index contributed by atoms with van der Waals surface area (Å²) in [6.07, 6.45) is 0. The third-order valence-corrected chi connectivity index (χ3v) is 7.47. The van der Waals surface area contributed by atoms with E-state index in [1.807, 2.05) is 30.3 Å². The lowest BCUT2D eigenvalue weighted by Gasteiger charge is -2.34. The van der Waals surface area contributed by atoms with Crippen molar-refractivity contribution >= 4 is 34.5 Å². The fourth-order valence-electron chi connectivity index (χ4n) is 4.72. The maximum Gasteiger partial charge on any atom is 0.256 e. The average Bonchev–Trinajstić information content (AvgIpc) is 3.27. The van der Waals surface area contributed by atoms with Gasteiger partial charge in [-0.3, -0.25) is 14.6 Å². The smallest absolute Gasteiger partial charge is 0.256 e. The van der Waals surface area contributed by atoms with Crippen molar-refractivity contribution in [1.82, 2.24) is 14.8 Å². The highest BCUT2D eigenvalue weighted by Crippen LogP contribution is 2.39.